The van der Waals surface area contributed by atoms with E-state index in [-0.39, 0.29) is 18.7 Å². The number of anilines is 1. The van der Waals surface area contributed by atoms with Crippen LogP contribution in [0.25, 0.3) is 0 Å². The lowest BCUT2D eigenvalue weighted by molar-refractivity contribution is -0.190. The predicted molar refractivity (Wildman–Crippen MR) is 98.3 cm³/mol. The van der Waals surface area contributed by atoms with Crippen LogP contribution in [0.15, 0.2) is 18.2 Å². The van der Waals surface area contributed by atoms with Gasteiger partial charge >= 0.3 is 0 Å². The van der Waals surface area contributed by atoms with Gasteiger partial charge in [-0.05, 0) is 75.8 Å². The van der Waals surface area contributed by atoms with E-state index in [4.69, 9.17) is 9.47 Å². The average molecular weight is 370 g/mol. The lowest BCUT2D eigenvalue weighted by Gasteiger charge is -2.66. The number of rotatable bonds is 2. The maximum Gasteiger partial charge on any atom is 0.268 e. The monoisotopic (exact) mass is 370 g/mol. The molecule has 7 rings (SSSR count). The van der Waals surface area contributed by atoms with Gasteiger partial charge in [-0.2, -0.15) is 0 Å². The molecule has 0 radical (unpaired) electrons. The van der Waals surface area contributed by atoms with Crippen molar-refractivity contribution in [2.24, 2.45) is 17.8 Å². The van der Waals surface area contributed by atoms with E-state index in [1.165, 1.54) is 0 Å². The molecule has 6 heteroatoms. The zero-order valence-electron chi connectivity index (χ0n) is 15.9. The van der Waals surface area contributed by atoms with Crippen LogP contribution in [-0.4, -0.2) is 40.0 Å². The minimum Gasteiger partial charge on any atom is -0.454 e. The van der Waals surface area contributed by atoms with Crippen LogP contribution in [0.4, 0.5) is 5.69 Å². The maximum absolute atomic E-state index is 13.2. The Hall–Kier alpha value is -1.95. The topological polar surface area (TPSA) is 62.2 Å². The Morgan fingerprint density at radius 1 is 1.11 bits per heavy atom. The van der Waals surface area contributed by atoms with Crippen LogP contribution in [-0.2, 0) is 4.79 Å². The van der Waals surface area contributed by atoms with Crippen molar-refractivity contribution < 1.29 is 19.4 Å². The molecule has 27 heavy (non-hydrogen) atoms. The Labute approximate surface area is 159 Å². The first kappa shape index (κ1) is 16.0. The highest BCUT2D eigenvalue weighted by molar-refractivity contribution is 5.99. The SMILES string of the molecule is CC1(C)C(=O)N(C2[C@@H]3CC4C[C@H]2CC(O)(C4)C3)N1c1cccc2c1OCO2. The second kappa shape index (κ2) is 4.90. The van der Waals surface area contributed by atoms with Crippen molar-refractivity contribution in [3.8, 4) is 11.5 Å². The van der Waals surface area contributed by atoms with Crippen molar-refractivity contribution in [1.29, 1.82) is 0 Å². The van der Waals surface area contributed by atoms with Crippen molar-refractivity contribution >= 4 is 11.6 Å². The van der Waals surface area contributed by atoms with Gasteiger partial charge < -0.3 is 14.6 Å². The Morgan fingerprint density at radius 3 is 2.56 bits per heavy atom. The maximum atomic E-state index is 13.2. The highest BCUT2D eigenvalue weighted by Crippen LogP contribution is 2.59. The molecule has 1 saturated heterocycles. The second-order valence-corrected chi connectivity index (χ2v) is 9.72. The molecule has 5 atom stereocenters. The van der Waals surface area contributed by atoms with E-state index in [0.717, 1.165) is 49.3 Å². The van der Waals surface area contributed by atoms with Gasteiger partial charge in [-0.15, -0.1) is 0 Å². The van der Waals surface area contributed by atoms with Gasteiger partial charge in [-0.1, -0.05) is 6.07 Å². The molecule has 4 aliphatic carbocycles. The van der Waals surface area contributed by atoms with Gasteiger partial charge in [0, 0.05) is 0 Å². The quantitative estimate of drug-likeness (QED) is 0.867. The number of hydrazine groups is 1. The summed E-state index contributed by atoms with van der Waals surface area (Å²) in [4.78, 5) is 13.2. The van der Waals surface area contributed by atoms with E-state index in [1.807, 2.05) is 37.1 Å². The highest BCUT2D eigenvalue weighted by atomic mass is 16.7. The number of aliphatic hydroxyl groups is 1. The molecule has 1 aromatic rings. The summed E-state index contributed by atoms with van der Waals surface area (Å²) in [5.41, 5.74) is -0.194. The number of ether oxygens (including phenoxy) is 2. The third kappa shape index (κ3) is 1.97. The van der Waals surface area contributed by atoms with Crippen molar-refractivity contribution in [1.82, 2.24) is 5.01 Å². The molecule has 1 N–H and O–H groups in total. The number of amides is 1. The van der Waals surface area contributed by atoms with E-state index < -0.39 is 11.1 Å². The molecule has 1 aromatic carbocycles. The molecule has 0 aromatic heterocycles. The number of benzene rings is 1. The first-order valence-electron chi connectivity index (χ1n) is 10.1. The minimum absolute atomic E-state index is 0.170. The summed E-state index contributed by atoms with van der Waals surface area (Å²) in [6.07, 6.45) is 4.87. The number of hydrogen-bond donors (Lipinski definition) is 1. The Balaban J connectivity index is 1.40. The summed E-state index contributed by atoms with van der Waals surface area (Å²) in [7, 11) is 0. The number of fused-ring (bicyclic) bond motifs is 1. The molecular weight excluding hydrogens is 344 g/mol. The van der Waals surface area contributed by atoms with E-state index >= 15 is 0 Å². The first-order chi connectivity index (χ1) is 12.9. The summed E-state index contributed by atoms with van der Waals surface area (Å²) >= 11 is 0. The predicted octanol–water partition coefficient (Wildman–Crippen LogP) is 2.70. The summed E-state index contributed by atoms with van der Waals surface area (Å²) in [5, 5.41) is 15.0. The van der Waals surface area contributed by atoms with Crippen LogP contribution >= 0.6 is 0 Å². The number of hydrogen-bond acceptors (Lipinski definition) is 5. The van der Waals surface area contributed by atoms with Gasteiger partial charge in [0.15, 0.2) is 11.5 Å². The smallest absolute Gasteiger partial charge is 0.268 e. The van der Waals surface area contributed by atoms with Crippen LogP contribution in [0.2, 0.25) is 0 Å². The highest BCUT2D eigenvalue weighted by Gasteiger charge is 2.64. The van der Waals surface area contributed by atoms with Gasteiger partial charge in [0.05, 0.1) is 11.6 Å². The second-order valence-electron chi connectivity index (χ2n) is 9.72. The molecule has 4 bridgehead atoms. The standard InChI is InChI=1S/C21H26N2O4/c1-20(2)19(24)22(23(20)15-4-3-5-16-18(15)27-11-26-16)17-13-6-12-7-14(17)10-21(25,8-12)9-13/h3-5,12-14,17,25H,6-11H2,1-2H3/t12?,13-,14+,17?,21?. The van der Waals surface area contributed by atoms with Gasteiger partial charge in [-0.25, -0.2) is 5.01 Å². The molecule has 0 spiro atoms. The molecule has 3 unspecified atom stereocenters. The molecule has 6 aliphatic rings. The van der Waals surface area contributed by atoms with Crippen LogP contribution in [0.5, 0.6) is 11.5 Å². The van der Waals surface area contributed by atoms with Gasteiger partial charge in [-0.3, -0.25) is 9.80 Å². The minimum atomic E-state index is -0.605. The zero-order chi connectivity index (χ0) is 18.6. The van der Waals surface area contributed by atoms with Crippen LogP contribution in [0.1, 0.15) is 46.0 Å². The Kier molecular flexibility index (Phi) is 2.91. The molecule has 144 valence electrons. The number of carbonyl (C=O) groups excluding carboxylic acids is 1. The average Bonchev–Trinajstić information content (AvgIpc) is 3.08. The number of carbonyl (C=O) groups is 1. The molecule has 4 saturated carbocycles. The largest absolute Gasteiger partial charge is 0.454 e. The Bertz CT molecular complexity index is 821. The lowest BCUT2D eigenvalue weighted by Crippen LogP contribution is -2.81. The third-order valence-corrected chi connectivity index (χ3v) is 7.55. The zero-order valence-corrected chi connectivity index (χ0v) is 15.9. The van der Waals surface area contributed by atoms with Gasteiger partial charge in [0.1, 0.15) is 11.2 Å². The van der Waals surface area contributed by atoms with Gasteiger partial charge in [0.2, 0.25) is 6.79 Å². The molecule has 1 amide bonds. The molecule has 5 fully saturated rings. The van der Waals surface area contributed by atoms with Crippen molar-refractivity contribution in [3.63, 3.8) is 0 Å². The van der Waals surface area contributed by atoms with Crippen LogP contribution in [0.3, 0.4) is 0 Å². The number of nitrogens with zero attached hydrogens (tertiary/aromatic N) is 2. The summed E-state index contributed by atoms with van der Waals surface area (Å²) < 4.78 is 11.3. The molecule has 2 aliphatic heterocycles. The van der Waals surface area contributed by atoms with E-state index in [1.54, 1.807) is 0 Å². The fourth-order valence-electron chi connectivity index (χ4n) is 6.81. The van der Waals surface area contributed by atoms with Crippen LogP contribution < -0.4 is 14.5 Å². The molecule has 2 heterocycles. The van der Waals surface area contributed by atoms with E-state index in [0.29, 0.717) is 17.8 Å². The summed E-state index contributed by atoms with van der Waals surface area (Å²) in [5.74, 6) is 3.03. The Morgan fingerprint density at radius 2 is 1.85 bits per heavy atom. The van der Waals surface area contributed by atoms with Crippen LogP contribution in [0, 0.1) is 17.8 Å². The van der Waals surface area contributed by atoms with E-state index in [9.17, 15) is 9.90 Å². The molecule has 6 nitrogen and oxygen atoms in total. The van der Waals surface area contributed by atoms with Crippen molar-refractivity contribution in [2.75, 3.05) is 11.8 Å². The molecular formula is C21H26N2O4. The lowest BCUT2D eigenvalue weighted by atomic mass is 9.52. The third-order valence-electron chi connectivity index (χ3n) is 7.55. The summed E-state index contributed by atoms with van der Waals surface area (Å²) in [6.45, 7) is 4.17. The fourth-order valence-corrected chi connectivity index (χ4v) is 6.81. The summed E-state index contributed by atoms with van der Waals surface area (Å²) in [6, 6.07) is 6.06. The first-order valence-corrected chi connectivity index (χ1v) is 10.1. The van der Waals surface area contributed by atoms with Crippen molar-refractivity contribution in [3.05, 3.63) is 18.2 Å². The van der Waals surface area contributed by atoms with E-state index in [2.05, 4.69) is 5.01 Å². The van der Waals surface area contributed by atoms with Crippen molar-refractivity contribution in [2.45, 2.75) is 63.1 Å². The van der Waals surface area contributed by atoms with Gasteiger partial charge in [0.25, 0.3) is 5.91 Å². The normalized spacial score (nSPS) is 40.5. The number of para-hydroxylation sites is 1. The fraction of sp³-hybridized carbons (Fsp3) is 0.667.